The Morgan fingerprint density at radius 1 is 1.30 bits per heavy atom. The maximum Gasteiger partial charge on any atom is 0.401 e. The van der Waals surface area contributed by atoms with Crippen LogP contribution in [0.15, 0.2) is 35.1 Å². The fraction of sp³-hybridized carbons (Fsp3) is 0.400. The molecule has 1 heterocycles. The van der Waals surface area contributed by atoms with Crippen LogP contribution < -0.4 is 0 Å². The van der Waals surface area contributed by atoms with Crippen LogP contribution in [0.5, 0.6) is 0 Å². The van der Waals surface area contributed by atoms with E-state index in [1.165, 1.54) is 31.7 Å². The van der Waals surface area contributed by atoms with Gasteiger partial charge in [-0.05, 0) is 12.1 Å². The summed E-state index contributed by atoms with van der Waals surface area (Å²) >= 11 is 0. The predicted molar refractivity (Wildman–Crippen MR) is 75.1 cm³/mol. The van der Waals surface area contributed by atoms with Gasteiger partial charge in [0.1, 0.15) is 12.1 Å². The summed E-state index contributed by atoms with van der Waals surface area (Å²) in [4.78, 5) is 4.99. The van der Waals surface area contributed by atoms with E-state index < -0.39 is 18.5 Å². The molecule has 0 aliphatic rings. The van der Waals surface area contributed by atoms with Crippen molar-refractivity contribution < 1.29 is 26.7 Å². The molecule has 0 aliphatic heterocycles. The van der Waals surface area contributed by atoms with Crippen LogP contribution in [0.2, 0.25) is 0 Å². The van der Waals surface area contributed by atoms with Crippen molar-refractivity contribution in [1.29, 1.82) is 0 Å². The molecular weight excluding hydrogens is 316 g/mol. The van der Waals surface area contributed by atoms with E-state index in [4.69, 9.17) is 9.15 Å². The number of ether oxygens (including phenoxy) is 1. The lowest BCUT2D eigenvalue weighted by Crippen LogP contribution is -2.36. The van der Waals surface area contributed by atoms with E-state index in [9.17, 15) is 17.6 Å². The molecule has 0 aliphatic carbocycles. The molecule has 2 rings (SSSR count). The third-order valence-electron chi connectivity index (χ3n) is 3.14. The second kappa shape index (κ2) is 7.56. The molecular formula is C15H16F4N2O2. The molecule has 1 aromatic carbocycles. The summed E-state index contributed by atoms with van der Waals surface area (Å²) in [5, 5.41) is 0. The van der Waals surface area contributed by atoms with Crippen molar-refractivity contribution >= 4 is 0 Å². The summed E-state index contributed by atoms with van der Waals surface area (Å²) in [6.45, 7) is -1.11. The van der Waals surface area contributed by atoms with E-state index in [-0.39, 0.29) is 31.2 Å². The minimum Gasteiger partial charge on any atom is -0.445 e. The van der Waals surface area contributed by atoms with Crippen LogP contribution in [-0.4, -0.2) is 42.9 Å². The molecule has 1 aromatic heterocycles. The zero-order chi connectivity index (χ0) is 16.9. The van der Waals surface area contributed by atoms with Crippen molar-refractivity contribution in [1.82, 2.24) is 9.88 Å². The van der Waals surface area contributed by atoms with Gasteiger partial charge in [-0.3, -0.25) is 4.90 Å². The quantitative estimate of drug-likeness (QED) is 0.728. The Balaban J connectivity index is 2.12. The molecule has 4 nitrogen and oxygen atoms in total. The highest BCUT2D eigenvalue weighted by Crippen LogP contribution is 2.23. The zero-order valence-electron chi connectivity index (χ0n) is 12.4. The molecule has 0 radical (unpaired) electrons. The number of oxazole rings is 1. The van der Waals surface area contributed by atoms with Gasteiger partial charge in [0.15, 0.2) is 0 Å². The molecule has 0 saturated carbocycles. The standard InChI is InChI=1S/C15H16F4N2O2/c1-22-7-5-21(10-15(17,18)19)9-12-3-2-11(8-13(12)16)14-20-4-6-23-14/h2-4,6,8H,5,7,9-10H2,1H3. The molecule has 0 saturated heterocycles. The number of halogens is 4. The maximum absolute atomic E-state index is 14.1. The lowest BCUT2D eigenvalue weighted by molar-refractivity contribution is -0.148. The molecule has 23 heavy (non-hydrogen) atoms. The Morgan fingerprint density at radius 2 is 2.09 bits per heavy atom. The molecule has 8 heteroatoms. The molecule has 0 bridgehead atoms. The third-order valence-corrected chi connectivity index (χ3v) is 3.14. The van der Waals surface area contributed by atoms with E-state index in [2.05, 4.69) is 4.98 Å². The molecule has 2 aromatic rings. The second-order valence-electron chi connectivity index (χ2n) is 4.96. The fourth-order valence-corrected chi connectivity index (χ4v) is 2.10. The van der Waals surface area contributed by atoms with Crippen molar-refractivity contribution in [3.63, 3.8) is 0 Å². The average Bonchev–Trinajstić information content (AvgIpc) is 2.99. The first-order chi connectivity index (χ1) is 10.9. The van der Waals surface area contributed by atoms with E-state index in [1.54, 1.807) is 6.07 Å². The van der Waals surface area contributed by atoms with Gasteiger partial charge in [0, 0.05) is 31.3 Å². The van der Waals surface area contributed by atoms with E-state index in [0.29, 0.717) is 5.56 Å². The number of alkyl halides is 3. The monoisotopic (exact) mass is 332 g/mol. The van der Waals surface area contributed by atoms with Crippen LogP contribution in [0.3, 0.4) is 0 Å². The first-order valence-electron chi connectivity index (χ1n) is 6.85. The normalized spacial score (nSPS) is 12.1. The van der Waals surface area contributed by atoms with Gasteiger partial charge in [-0.1, -0.05) is 6.07 Å². The Kier molecular flexibility index (Phi) is 5.73. The molecule has 0 unspecified atom stereocenters. The van der Waals surface area contributed by atoms with E-state index >= 15 is 0 Å². The number of nitrogens with zero attached hydrogens (tertiary/aromatic N) is 2. The molecule has 0 fully saturated rings. The molecule has 0 atom stereocenters. The summed E-state index contributed by atoms with van der Waals surface area (Å²) in [5.74, 6) is -0.354. The Hall–Kier alpha value is -1.93. The summed E-state index contributed by atoms with van der Waals surface area (Å²) in [6.07, 6.45) is -1.57. The lowest BCUT2D eigenvalue weighted by atomic mass is 10.1. The van der Waals surface area contributed by atoms with Crippen molar-refractivity contribution in [3.05, 3.63) is 42.0 Å². The summed E-state index contributed by atoms with van der Waals surface area (Å²) in [5.41, 5.74) is 0.594. The Morgan fingerprint density at radius 3 is 2.65 bits per heavy atom. The Labute approximate surface area is 130 Å². The van der Waals surface area contributed by atoms with Gasteiger partial charge in [-0.25, -0.2) is 9.37 Å². The van der Waals surface area contributed by atoms with Gasteiger partial charge in [0.2, 0.25) is 5.89 Å². The molecule has 0 N–H and O–H groups in total. The third kappa shape index (κ3) is 5.33. The topological polar surface area (TPSA) is 38.5 Å². The van der Waals surface area contributed by atoms with Crippen LogP contribution in [0, 0.1) is 5.82 Å². The lowest BCUT2D eigenvalue weighted by Gasteiger charge is -2.23. The van der Waals surface area contributed by atoms with Crippen molar-refractivity contribution in [2.75, 3.05) is 26.8 Å². The van der Waals surface area contributed by atoms with Gasteiger partial charge < -0.3 is 9.15 Å². The van der Waals surface area contributed by atoms with Crippen LogP contribution >= 0.6 is 0 Å². The van der Waals surface area contributed by atoms with Crippen molar-refractivity contribution in [3.8, 4) is 11.5 Å². The van der Waals surface area contributed by atoms with Gasteiger partial charge >= 0.3 is 6.18 Å². The second-order valence-corrected chi connectivity index (χ2v) is 4.96. The molecule has 0 amide bonds. The van der Waals surface area contributed by atoms with Gasteiger partial charge in [0.05, 0.1) is 19.3 Å². The minimum absolute atomic E-state index is 0.0525. The van der Waals surface area contributed by atoms with Crippen LogP contribution in [-0.2, 0) is 11.3 Å². The van der Waals surface area contributed by atoms with E-state index in [0.717, 1.165) is 4.90 Å². The minimum atomic E-state index is -4.36. The number of methoxy groups -OCH3 is 1. The maximum atomic E-state index is 14.1. The number of rotatable bonds is 7. The van der Waals surface area contributed by atoms with Crippen LogP contribution in [0.25, 0.3) is 11.5 Å². The number of aromatic nitrogens is 1. The van der Waals surface area contributed by atoms with Crippen LogP contribution in [0.4, 0.5) is 17.6 Å². The largest absolute Gasteiger partial charge is 0.445 e. The first-order valence-corrected chi connectivity index (χ1v) is 6.85. The smallest absolute Gasteiger partial charge is 0.401 e. The van der Waals surface area contributed by atoms with Crippen LogP contribution in [0.1, 0.15) is 5.56 Å². The van der Waals surface area contributed by atoms with Crippen molar-refractivity contribution in [2.45, 2.75) is 12.7 Å². The number of hydrogen-bond acceptors (Lipinski definition) is 4. The summed E-state index contributed by atoms with van der Waals surface area (Å²) in [7, 11) is 1.40. The SMILES string of the molecule is COCCN(Cc1ccc(-c2ncco2)cc1F)CC(F)(F)F. The van der Waals surface area contributed by atoms with Gasteiger partial charge in [-0.2, -0.15) is 13.2 Å². The zero-order valence-corrected chi connectivity index (χ0v) is 12.4. The number of hydrogen-bond donors (Lipinski definition) is 0. The van der Waals surface area contributed by atoms with Gasteiger partial charge in [0.25, 0.3) is 0 Å². The fourth-order valence-electron chi connectivity index (χ4n) is 2.10. The first kappa shape index (κ1) is 17.4. The Bertz CT molecular complexity index is 614. The van der Waals surface area contributed by atoms with Gasteiger partial charge in [-0.15, -0.1) is 0 Å². The molecule has 0 spiro atoms. The predicted octanol–water partition coefficient (Wildman–Crippen LogP) is 3.49. The van der Waals surface area contributed by atoms with Crippen molar-refractivity contribution in [2.24, 2.45) is 0 Å². The highest BCUT2D eigenvalue weighted by Gasteiger charge is 2.30. The summed E-state index contributed by atoms with van der Waals surface area (Å²) in [6, 6.07) is 4.20. The van der Waals surface area contributed by atoms with E-state index in [1.807, 2.05) is 0 Å². The highest BCUT2D eigenvalue weighted by molar-refractivity contribution is 5.53. The molecule has 126 valence electrons. The number of benzene rings is 1. The highest BCUT2D eigenvalue weighted by atomic mass is 19.4. The summed E-state index contributed by atoms with van der Waals surface area (Å²) < 4.78 is 61.8. The average molecular weight is 332 g/mol.